The van der Waals surface area contributed by atoms with E-state index in [1.54, 1.807) is 17.7 Å². The smallest absolute Gasteiger partial charge is 0.0898 e. The molecule has 0 saturated heterocycles. The molecule has 0 amide bonds. The Hall–Kier alpha value is -0.0800. The summed E-state index contributed by atoms with van der Waals surface area (Å²) < 4.78 is 0. The SMILES string of the molecule is C=C[NH2+]C=C.[Br-]. The summed E-state index contributed by atoms with van der Waals surface area (Å²) in [5.41, 5.74) is 0. The number of quaternary nitrogens is 1. The highest BCUT2D eigenvalue weighted by Gasteiger charge is 1.52. The third kappa shape index (κ3) is 9.07. The van der Waals surface area contributed by atoms with E-state index in [-0.39, 0.29) is 17.0 Å². The average Bonchev–Trinajstić information content (AvgIpc) is 1.41. The fourth-order valence-electron chi connectivity index (χ4n) is 0.0962. The van der Waals surface area contributed by atoms with E-state index in [1.165, 1.54) is 0 Å². The zero-order valence-corrected chi connectivity index (χ0v) is 5.11. The van der Waals surface area contributed by atoms with Gasteiger partial charge in [0, 0.05) is 0 Å². The summed E-state index contributed by atoms with van der Waals surface area (Å²) in [6.07, 6.45) is 3.38. The second-order valence-electron chi connectivity index (χ2n) is 0.664. The Kier molecular flexibility index (Phi) is 13.8. The van der Waals surface area contributed by atoms with Gasteiger partial charge < -0.3 is 17.0 Å². The van der Waals surface area contributed by atoms with E-state index in [4.69, 9.17) is 0 Å². The van der Waals surface area contributed by atoms with E-state index in [0.717, 1.165) is 0 Å². The van der Waals surface area contributed by atoms with E-state index in [2.05, 4.69) is 13.2 Å². The van der Waals surface area contributed by atoms with Crippen molar-refractivity contribution in [1.82, 2.24) is 0 Å². The maximum Gasteiger partial charge on any atom is 0.0898 e. The van der Waals surface area contributed by atoms with Crippen LogP contribution in [-0.2, 0) is 0 Å². The second-order valence-corrected chi connectivity index (χ2v) is 0.664. The van der Waals surface area contributed by atoms with Gasteiger partial charge in [-0.1, -0.05) is 0 Å². The highest BCUT2D eigenvalue weighted by molar-refractivity contribution is 4.48. The lowest BCUT2D eigenvalue weighted by molar-refractivity contribution is -0.512. The largest absolute Gasteiger partial charge is 1.00 e. The highest BCUT2D eigenvalue weighted by Crippen LogP contribution is 1.24. The monoisotopic (exact) mass is 149 g/mol. The standard InChI is InChI=1S/C4H7N.BrH/c1-3-5-4-2;/h3-5H,1-2H2;1H. The van der Waals surface area contributed by atoms with Crippen molar-refractivity contribution in [1.29, 1.82) is 0 Å². The quantitative estimate of drug-likeness (QED) is 0.428. The number of halogens is 1. The Morgan fingerprint density at radius 1 is 1.17 bits per heavy atom. The topological polar surface area (TPSA) is 16.6 Å². The first kappa shape index (κ1) is 9.33. The summed E-state index contributed by atoms with van der Waals surface area (Å²) in [7, 11) is 0. The van der Waals surface area contributed by atoms with Gasteiger partial charge in [0.1, 0.15) is 0 Å². The Bertz CT molecular complexity index is 36.8. The van der Waals surface area contributed by atoms with Crippen molar-refractivity contribution < 1.29 is 22.3 Å². The van der Waals surface area contributed by atoms with E-state index in [9.17, 15) is 0 Å². The summed E-state index contributed by atoms with van der Waals surface area (Å²) in [5, 5.41) is 1.78. The lowest BCUT2D eigenvalue weighted by Gasteiger charge is -1.67. The summed E-state index contributed by atoms with van der Waals surface area (Å²) in [5.74, 6) is 0. The number of nitrogens with two attached hydrogens (primary N) is 1. The fourth-order valence-corrected chi connectivity index (χ4v) is 0.0962. The zero-order valence-electron chi connectivity index (χ0n) is 3.52. The molecule has 0 heterocycles. The molecule has 0 aliphatic carbocycles. The van der Waals surface area contributed by atoms with Gasteiger partial charge in [0.25, 0.3) is 0 Å². The van der Waals surface area contributed by atoms with Gasteiger partial charge in [0.15, 0.2) is 0 Å². The summed E-state index contributed by atoms with van der Waals surface area (Å²) in [4.78, 5) is 0. The van der Waals surface area contributed by atoms with Crippen LogP contribution in [0, 0.1) is 0 Å². The van der Waals surface area contributed by atoms with Crippen molar-refractivity contribution >= 4 is 0 Å². The highest BCUT2D eigenvalue weighted by atomic mass is 79.9. The van der Waals surface area contributed by atoms with Crippen molar-refractivity contribution in [2.75, 3.05) is 0 Å². The lowest BCUT2D eigenvalue weighted by Crippen LogP contribution is -3.00. The first-order valence-electron chi connectivity index (χ1n) is 1.48. The number of hydrogen-bond acceptors (Lipinski definition) is 0. The molecule has 0 aliphatic heterocycles. The van der Waals surface area contributed by atoms with Crippen LogP contribution in [-0.4, -0.2) is 0 Å². The van der Waals surface area contributed by atoms with Crippen LogP contribution in [0.4, 0.5) is 0 Å². The van der Waals surface area contributed by atoms with Crippen LogP contribution in [0.2, 0.25) is 0 Å². The minimum absolute atomic E-state index is 0. The fraction of sp³-hybridized carbons (Fsp3) is 0. The average molecular weight is 150 g/mol. The van der Waals surface area contributed by atoms with Crippen LogP contribution < -0.4 is 22.3 Å². The van der Waals surface area contributed by atoms with Crippen LogP contribution in [0.25, 0.3) is 0 Å². The number of hydrogen-bond donors (Lipinski definition) is 1. The first-order valence-corrected chi connectivity index (χ1v) is 1.48. The lowest BCUT2D eigenvalue weighted by atomic mass is 10.9. The summed E-state index contributed by atoms with van der Waals surface area (Å²) >= 11 is 0. The predicted octanol–water partition coefficient (Wildman–Crippen LogP) is -3.16. The van der Waals surface area contributed by atoms with Gasteiger partial charge in [0.05, 0.1) is 12.4 Å². The third-order valence-corrected chi connectivity index (χ3v) is 0.272. The summed E-state index contributed by atoms with van der Waals surface area (Å²) in [6.45, 7) is 6.85. The van der Waals surface area contributed by atoms with Crippen LogP contribution in [0.1, 0.15) is 0 Å². The zero-order chi connectivity index (χ0) is 4.12. The molecular weight excluding hydrogens is 142 g/mol. The molecule has 0 aromatic heterocycles. The molecule has 0 atom stereocenters. The molecule has 36 valence electrons. The van der Waals surface area contributed by atoms with Crippen LogP contribution >= 0.6 is 0 Å². The molecule has 0 aromatic carbocycles. The number of rotatable bonds is 2. The van der Waals surface area contributed by atoms with Gasteiger partial charge in [-0.2, -0.15) is 0 Å². The minimum Gasteiger partial charge on any atom is -1.00 e. The van der Waals surface area contributed by atoms with Gasteiger partial charge in [-0.05, 0) is 13.2 Å². The van der Waals surface area contributed by atoms with Crippen LogP contribution in [0.15, 0.2) is 25.6 Å². The van der Waals surface area contributed by atoms with Gasteiger partial charge in [0.2, 0.25) is 0 Å². The Balaban J connectivity index is 0. The van der Waals surface area contributed by atoms with E-state index >= 15 is 0 Å². The van der Waals surface area contributed by atoms with Crippen LogP contribution in [0.3, 0.4) is 0 Å². The molecule has 2 N–H and O–H groups in total. The minimum atomic E-state index is 0. The molecular formula is C4H8BrN. The van der Waals surface area contributed by atoms with Crippen molar-refractivity contribution in [3.8, 4) is 0 Å². The van der Waals surface area contributed by atoms with Crippen molar-refractivity contribution in [2.45, 2.75) is 0 Å². The van der Waals surface area contributed by atoms with Gasteiger partial charge in [-0.15, -0.1) is 0 Å². The maximum absolute atomic E-state index is 3.42. The van der Waals surface area contributed by atoms with E-state index in [1.807, 2.05) is 0 Å². The normalized spacial score (nSPS) is 5.33. The van der Waals surface area contributed by atoms with Crippen molar-refractivity contribution in [2.24, 2.45) is 0 Å². The Morgan fingerprint density at radius 2 is 1.50 bits per heavy atom. The molecule has 0 rings (SSSR count). The molecule has 0 fully saturated rings. The predicted molar refractivity (Wildman–Crippen MR) is 22.3 cm³/mol. The molecule has 0 radical (unpaired) electrons. The van der Waals surface area contributed by atoms with E-state index in [0.29, 0.717) is 0 Å². The van der Waals surface area contributed by atoms with Crippen LogP contribution in [0.5, 0.6) is 0 Å². The molecule has 6 heavy (non-hydrogen) atoms. The van der Waals surface area contributed by atoms with Gasteiger partial charge in [-0.25, -0.2) is 0 Å². The molecule has 2 heteroatoms. The van der Waals surface area contributed by atoms with E-state index < -0.39 is 0 Å². The second kappa shape index (κ2) is 8.87. The molecule has 1 nitrogen and oxygen atoms in total. The molecule has 0 aromatic rings. The first-order chi connectivity index (χ1) is 2.41. The summed E-state index contributed by atoms with van der Waals surface area (Å²) in [6, 6.07) is 0. The van der Waals surface area contributed by atoms with Gasteiger partial charge >= 0.3 is 0 Å². The third-order valence-electron chi connectivity index (χ3n) is 0.272. The molecule has 0 saturated carbocycles. The van der Waals surface area contributed by atoms with Crippen molar-refractivity contribution in [3.63, 3.8) is 0 Å². The molecule has 0 bridgehead atoms. The van der Waals surface area contributed by atoms with Crippen molar-refractivity contribution in [3.05, 3.63) is 25.6 Å². The Morgan fingerprint density at radius 3 is 1.50 bits per heavy atom. The molecule has 0 unspecified atom stereocenters. The maximum atomic E-state index is 3.42. The van der Waals surface area contributed by atoms with Gasteiger partial charge in [-0.3, -0.25) is 5.32 Å². The molecule has 0 spiro atoms. The Labute approximate surface area is 48.5 Å². The molecule has 0 aliphatic rings.